The second-order valence-corrected chi connectivity index (χ2v) is 5.24. The normalized spacial score (nSPS) is 23.4. The molecule has 0 heterocycles. The van der Waals surface area contributed by atoms with Crippen molar-refractivity contribution in [1.82, 2.24) is 10.2 Å². The first-order valence-electron chi connectivity index (χ1n) is 6.81. The molecule has 15 heavy (non-hydrogen) atoms. The van der Waals surface area contributed by atoms with Crippen LogP contribution in [0.25, 0.3) is 0 Å². The van der Waals surface area contributed by atoms with Gasteiger partial charge in [-0.1, -0.05) is 13.8 Å². The molecule has 1 N–H and O–H groups in total. The molecule has 0 amide bonds. The van der Waals surface area contributed by atoms with Gasteiger partial charge in [-0.15, -0.1) is 0 Å². The van der Waals surface area contributed by atoms with Crippen LogP contribution in [0.3, 0.4) is 0 Å². The minimum absolute atomic E-state index is 0.790. The van der Waals surface area contributed by atoms with Crippen molar-refractivity contribution in [2.45, 2.75) is 58.0 Å². The van der Waals surface area contributed by atoms with E-state index >= 15 is 0 Å². The van der Waals surface area contributed by atoms with Crippen molar-refractivity contribution in [2.24, 2.45) is 5.92 Å². The van der Waals surface area contributed by atoms with E-state index < -0.39 is 0 Å². The number of nitrogens with one attached hydrogen (secondary N) is 1. The Hall–Kier alpha value is -0.0800. The van der Waals surface area contributed by atoms with E-state index in [2.05, 4.69) is 24.1 Å². The van der Waals surface area contributed by atoms with Gasteiger partial charge in [-0.3, -0.25) is 4.90 Å². The van der Waals surface area contributed by atoms with Crippen LogP contribution in [0.2, 0.25) is 0 Å². The van der Waals surface area contributed by atoms with Crippen LogP contribution in [0.5, 0.6) is 0 Å². The predicted molar refractivity (Wildman–Crippen MR) is 65.1 cm³/mol. The highest BCUT2D eigenvalue weighted by Crippen LogP contribution is 2.36. The Balaban J connectivity index is 1.81. The number of likely N-dealkylation sites (N-methyl/N-ethyl adjacent to an activating group) is 1. The Kier molecular flexibility index (Phi) is 4.04. The highest BCUT2D eigenvalue weighted by atomic mass is 15.2. The fraction of sp³-hybridized carbons (Fsp3) is 1.00. The van der Waals surface area contributed by atoms with Gasteiger partial charge in [0.25, 0.3) is 0 Å². The molecule has 0 aromatic heterocycles. The Morgan fingerprint density at radius 2 is 1.93 bits per heavy atom. The average molecular weight is 210 g/mol. The van der Waals surface area contributed by atoms with Crippen LogP contribution in [0, 0.1) is 5.92 Å². The van der Waals surface area contributed by atoms with Gasteiger partial charge in [-0.2, -0.15) is 0 Å². The van der Waals surface area contributed by atoms with E-state index in [1.165, 1.54) is 45.2 Å². The maximum Gasteiger partial charge on any atom is 0.0221 e. The molecule has 2 heteroatoms. The van der Waals surface area contributed by atoms with E-state index in [4.69, 9.17) is 0 Å². The van der Waals surface area contributed by atoms with Gasteiger partial charge in [-0.25, -0.2) is 0 Å². The zero-order chi connectivity index (χ0) is 10.7. The van der Waals surface area contributed by atoms with Crippen LogP contribution < -0.4 is 5.32 Å². The van der Waals surface area contributed by atoms with Crippen LogP contribution in [0.15, 0.2) is 0 Å². The highest BCUT2D eigenvalue weighted by molar-refractivity contribution is 4.92. The van der Waals surface area contributed by atoms with Crippen molar-refractivity contribution >= 4 is 0 Å². The molecule has 0 aliphatic heterocycles. The minimum atomic E-state index is 0.790. The third-order valence-electron chi connectivity index (χ3n) is 3.75. The molecule has 2 nitrogen and oxygen atoms in total. The van der Waals surface area contributed by atoms with Crippen LogP contribution in [-0.2, 0) is 0 Å². The van der Waals surface area contributed by atoms with Crippen LogP contribution >= 0.6 is 0 Å². The quantitative estimate of drug-likeness (QED) is 0.661. The molecule has 2 fully saturated rings. The molecule has 0 radical (unpaired) electrons. The SMILES string of the molecule is CCNCC(CC)N(CC1CC1)C1CC1. The van der Waals surface area contributed by atoms with Gasteiger partial charge < -0.3 is 5.32 Å². The first-order chi connectivity index (χ1) is 7.35. The Bertz CT molecular complexity index is 185. The summed E-state index contributed by atoms with van der Waals surface area (Å²) in [7, 11) is 0. The van der Waals surface area contributed by atoms with E-state index in [0.717, 1.165) is 24.5 Å². The smallest absolute Gasteiger partial charge is 0.0221 e. The maximum atomic E-state index is 3.51. The Morgan fingerprint density at radius 3 is 2.40 bits per heavy atom. The van der Waals surface area contributed by atoms with Gasteiger partial charge in [0.05, 0.1) is 0 Å². The second-order valence-electron chi connectivity index (χ2n) is 5.24. The standard InChI is InChI=1S/C13H26N2/c1-3-12(9-14-4-2)15(13-7-8-13)10-11-5-6-11/h11-14H,3-10H2,1-2H3. The summed E-state index contributed by atoms with van der Waals surface area (Å²) in [5, 5.41) is 3.51. The molecule has 2 aliphatic rings. The van der Waals surface area contributed by atoms with Crippen molar-refractivity contribution in [1.29, 1.82) is 0 Å². The summed E-state index contributed by atoms with van der Waals surface area (Å²) in [5.41, 5.74) is 0. The molecule has 0 aromatic carbocycles. The van der Waals surface area contributed by atoms with Gasteiger partial charge >= 0.3 is 0 Å². The summed E-state index contributed by atoms with van der Waals surface area (Å²) in [4.78, 5) is 2.81. The van der Waals surface area contributed by atoms with Crippen molar-refractivity contribution in [3.63, 3.8) is 0 Å². The summed E-state index contributed by atoms with van der Waals surface area (Å²) in [6.07, 6.45) is 7.18. The molecule has 0 bridgehead atoms. The molecule has 2 saturated carbocycles. The first-order valence-corrected chi connectivity index (χ1v) is 6.81. The van der Waals surface area contributed by atoms with Crippen molar-refractivity contribution in [3.05, 3.63) is 0 Å². The molecule has 1 unspecified atom stereocenters. The summed E-state index contributed by atoms with van der Waals surface area (Å²) in [6.45, 7) is 8.22. The summed E-state index contributed by atoms with van der Waals surface area (Å²) >= 11 is 0. The topological polar surface area (TPSA) is 15.3 Å². The van der Waals surface area contributed by atoms with Gasteiger partial charge in [0, 0.05) is 25.2 Å². The molecule has 0 aromatic rings. The third-order valence-corrected chi connectivity index (χ3v) is 3.75. The van der Waals surface area contributed by atoms with Crippen LogP contribution in [0.1, 0.15) is 46.0 Å². The lowest BCUT2D eigenvalue weighted by Crippen LogP contribution is -2.44. The van der Waals surface area contributed by atoms with E-state index in [0.29, 0.717) is 0 Å². The molecule has 0 saturated heterocycles. The first kappa shape index (κ1) is 11.4. The van der Waals surface area contributed by atoms with Crippen LogP contribution in [-0.4, -0.2) is 36.6 Å². The fourth-order valence-electron chi connectivity index (χ4n) is 2.41. The van der Waals surface area contributed by atoms with E-state index in [-0.39, 0.29) is 0 Å². The summed E-state index contributed by atoms with van der Waals surface area (Å²) in [6, 6.07) is 1.73. The molecule has 1 atom stereocenters. The number of rotatable bonds is 8. The number of nitrogens with zero attached hydrogens (tertiary/aromatic N) is 1. The Morgan fingerprint density at radius 1 is 1.20 bits per heavy atom. The second kappa shape index (κ2) is 5.31. The van der Waals surface area contributed by atoms with Crippen molar-refractivity contribution in [2.75, 3.05) is 19.6 Å². The van der Waals surface area contributed by atoms with E-state index in [1.54, 1.807) is 0 Å². The van der Waals surface area contributed by atoms with E-state index in [9.17, 15) is 0 Å². The number of hydrogen-bond donors (Lipinski definition) is 1. The lowest BCUT2D eigenvalue weighted by Gasteiger charge is -2.31. The number of hydrogen-bond acceptors (Lipinski definition) is 2. The average Bonchev–Trinajstić information content (AvgIpc) is 3.10. The van der Waals surface area contributed by atoms with Crippen LogP contribution in [0.4, 0.5) is 0 Å². The summed E-state index contributed by atoms with van der Waals surface area (Å²) in [5.74, 6) is 1.04. The maximum absolute atomic E-state index is 3.51. The van der Waals surface area contributed by atoms with Gasteiger partial charge in [0.15, 0.2) is 0 Å². The lowest BCUT2D eigenvalue weighted by molar-refractivity contribution is 0.169. The van der Waals surface area contributed by atoms with Gasteiger partial charge in [0.2, 0.25) is 0 Å². The fourth-order valence-corrected chi connectivity index (χ4v) is 2.41. The van der Waals surface area contributed by atoms with Crippen molar-refractivity contribution in [3.8, 4) is 0 Å². The van der Waals surface area contributed by atoms with E-state index in [1.807, 2.05) is 0 Å². The Labute approximate surface area is 94.4 Å². The molecule has 2 rings (SSSR count). The molecule has 2 aliphatic carbocycles. The summed E-state index contributed by atoms with van der Waals surface area (Å²) < 4.78 is 0. The highest BCUT2D eigenvalue weighted by Gasteiger charge is 2.36. The minimum Gasteiger partial charge on any atom is -0.315 e. The molecular weight excluding hydrogens is 184 g/mol. The largest absolute Gasteiger partial charge is 0.315 e. The molecule has 88 valence electrons. The van der Waals surface area contributed by atoms with Gasteiger partial charge in [-0.05, 0) is 44.6 Å². The zero-order valence-corrected chi connectivity index (χ0v) is 10.3. The zero-order valence-electron chi connectivity index (χ0n) is 10.3. The van der Waals surface area contributed by atoms with Gasteiger partial charge in [0.1, 0.15) is 0 Å². The monoisotopic (exact) mass is 210 g/mol. The lowest BCUT2D eigenvalue weighted by atomic mass is 10.1. The van der Waals surface area contributed by atoms with Crippen molar-refractivity contribution < 1.29 is 0 Å². The molecule has 0 spiro atoms. The third kappa shape index (κ3) is 3.46. The predicted octanol–water partition coefficient (Wildman–Crippen LogP) is 2.25. The molecular formula is C13H26N2.